The Kier molecular flexibility index (Phi) is 1.52. The Morgan fingerprint density at radius 2 is 2.24 bits per heavy atom. The number of hydrogen-bond acceptors (Lipinski definition) is 2. The monoisotopic (exact) mass is 230 g/mol. The molecule has 2 heteroatoms. The number of ether oxygens (including phenoxy) is 1. The molecule has 0 aromatic heterocycles. The molecule has 3 aliphatic rings. The van der Waals surface area contributed by atoms with Crippen molar-refractivity contribution in [3.63, 3.8) is 0 Å². The third-order valence-corrected chi connectivity index (χ3v) is 5.51. The highest BCUT2D eigenvalue weighted by molar-refractivity contribution is 5.50. The quantitative estimate of drug-likeness (QED) is 0.741. The SMILES string of the molecule is Cc1cc2c(cc1O)CC1(CCC3CC31C)O2. The van der Waals surface area contributed by atoms with Crippen molar-refractivity contribution in [3.05, 3.63) is 23.3 Å². The van der Waals surface area contributed by atoms with Gasteiger partial charge in [-0.05, 0) is 49.8 Å². The number of hydrogen-bond donors (Lipinski definition) is 1. The number of aromatic hydroxyl groups is 1. The Morgan fingerprint density at radius 1 is 1.41 bits per heavy atom. The third kappa shape index (κ3) is 1.02. The van der Waals surface area contributed by atoms with E-state index in [2.05, 4.69) is 6.92 Å². The molecule has 2 nitrogen and oxygen atoms in total. The van der Waals surface area contributed by atoms with Crippen molar-refractivity contribution in [2.75, 3.05) is 0 Å². The fraction of sp³-hybridized carbons (Fsp3) is 0.600. The summed E-state index contributed by atoms with van der Waals surface area (Å²) in [6.45, 7) is 4.31. The van der Waals surface area contributed by atoms with E-state index in [4.69, 9.17) is 4.74 Å². The minimum Gasteiger partial charge on any atom is -0.508 e. The highest BCUT2D eigenvalue weighted by atomic mass is 16.5. The summed E-state index contributed by atoms with van der Waals surface area (Å²) in [6.07, 6.45) is 4.81. The van der Waals surface area contributed by atoms with Gasteiger partial charge in [-0.2, -0.15) is 0 Å². The molecule has 17 heavy (non-hydrogen) atoms. The van der Waals surface area contributed by atoms with Gasteiger partial charge in [0.05, 0.1) is 0 Å². The van der Waals surface area contributed by atoms with Crippen molar-refractivity contribution < 1.29 is 9.84 Å². The molecule has 1 aromatic carbocycles. The van der Waals surface area contributed by atoms with Crippen LogP contribution in [0.3, 0.4) is 0 Å². The van der Waals surface area contributed by atoms with Gasteiger partial charge in [0.2, 0.25) is 0 Å². The summed E-state index contributed by atoms with van der Waals surface area (Å²) < 4.78 is 6.34. The van der Waals surface area contributed by atoms with Crippen molar-refractivity contribution in [2.24, 2.45) is 11.3 Å². The summed E-state index contributed by atoms with van der Waals surface area (Å²) in [5, 5.41) is 9.80. The molecular formula is C15H18O2. The Bertz CT molecular complexity index is 487. The maximum atomic E-state index is 9.80. The van der Waals surface area contributed by atoms with Crippen molar-refractivity contribution in [3.8, 4) is 11.5 Å². The molecule has 0 radical (unpaired) electrons. The van der Waals surface area contributed by atoms with Crippen LogP contribution in [0.4, 0.5) is 0 Å². The van der Waals surface area contributed by atoms with Gasteiger partial charge in [-0.15, -0.1) is 0 Å². The van der Waals surface area contributed by atoms with E-state index in [9.17, 15) is 5.11 Å². The Balaban J connectivity index is 1.78. The maximum absolute atomic E-state index is 9.80. The van der Waals surface area contributed by atoms with E-state index >= 15 is 0 Å². The highest BCUT2D eigenvalue weighted by Crippen LogP contribution is 2.71. The van der Waals surface area contributed by atoms with Crippen molar-refractivity contribution in [1.29, 1.82) is 0 Å². The molecule has 2 saturated carbocycles. The second kappa shape index (κ2) is 2.63. The van der Waals surface area contributed by atoms with Gasteiger partial charge in [0.15, 0.2) is 0 Å². The number of phenolic OH excluding ortho intramolecular Hbond substituents is 1. The summed E-state index contributed by atoms with van der Waals surface area (Å²) in [5.41, 5.74) is 2.55. The number of phenols is 1. The highest BCUT2D eigenvalue weighted by Gasteiger charge is 2.70. The molecular weight excluding hydrogens is 212 g/mol. The van der Waals surface area contributed by atoms with Crippen LogP contribution in [-0.2, 0) is 6.42 Å². The van der Waals surface area contributed by atoms with Crippen LogP contribution < -0.4 is 4.74 Å². The van der Waals surface area contributed by atoms with Crippen LogP contribution in [0.5, 0.6) is 11.5 Å². The van der Waals surface area contributed by atoms with Gasteiger partial charge in [0.25, 0.3) is 0 Å². The van der Waals surface area contributed by atoms with Gasteiger partial charge in [0, 0.05) is 17.4 Å². The lowest BCUT2D eigenvalue weighted by Crippen LogP contribution is -2.40. The molecule has 1 N–H and O–H groups in total. The molecule has 90 valence electrons. The predicted molar refractivity (Wildman–Crippen MR) is 65.4 cm³/mol. The summed E-state index contributed by atoms with van der Waals surface area (Å²) in [7, 11) is 0. The van der Waals surface area contributed by atoms with E-state index in [1.165, 1.54) is 24.8 Å². The van der Waals surface area contributed by atoms with Crippen LogP contribution in [0, 0.1) is 18.3 Å². The second-order valence-corrected chi connectivity index (χ2v) is 6.38. The van der Waals surface area contributed by atoms with Crippen LogP contribution >= 0.6 is 0 Å². The van der Waals surface area contributed by atoms with Gasteiger partial charge in [0.1, 0.15) is 17.1 Å². The van der Waals surface area contributed by atoms with E-state index in [-0.39, 0.29) is 5.60 Å². The largest absolute Gasteiger partial charge is 0.508 e. The minimum atomic E-state index is 0.0419. The molecule has 4 rings (SSSR count). The molecule has 1 aromatic rings. The van der Waals surface area contributed by atoms with Gasteiger partial charge in [-0.1, -0.05) is 6.92 Å². The van der Waals surface area contributed by atoms with Crippen LogP contribution in [0.2, 0.25) is 0 Å². The van der Waals surface area contributed by atoms with Gasteiger partial charge in [-0.3, -0.25) is 0 Å². The number of fused-ring (bicyclic) bond motifs is 3. The maximum Gasteiger partial charge on any atom is 0.124 e. The topological polar surface area (TPSA) is 29.5 Å². The van der Waals surface area contributed by atoms with E-state index in [0.29, 0.717) is 11.2 Å². The molecule has 0 bridgehead atoms. The smallest absolute Gasteiger partial charge is 0.124 e. The molecule has 3 unspecified atom stereocenters. The zero-order chi connectivity index (χ0) is 11.8. The van der Waals surface area contributed by atoms with E-state index < -0.39 is 0 Å². The number of benzene rings is 1. The molecule has 3 atom stereocenters. The Labute approximate surface area is 102 Å². The first kappa shape index (κ1) is 9.81. The van der Waals surface area contributed by atoms with Gasteiger partial charge in [-0.25, -0.2) is 0 Å². The van der Waals surface area contributed by atoms with E-state index in [1.807, 2.05) is 19.1 Å². The molecule has 2 aliphatic carbocycles. The zero-order valence-electron chi connectivity index (χ0n) is 10.4. The third-order valence-electron chi connectivity index (χ3n) is 5.51. The molecule has 1 spiro atoms. The van der Waals surface area contributed by atoms with Gasteiger partial charge < -0.3 is 9.84 Å². The Morgan fingerprint density at radius 3 is 2.88 bits per heavy atom. The standard InChI is InChI=1S/C15H18O2/c1-9-5-13-10(6-12(9)16)7-15(17-13)4-3-11-8-14(11,15)2/h5-6,11,16H,3-4,7-8H2,1-2H3. The van der Waals surface area contributed by atoms with Crippen molar-refractivity contribution in [2.45, 2.75) is 45.1 Å². The van der Waals surface area contributed by atoms with Gasteiger partial charge >= 0.3 is 0 Å². The normalized spacial score (nSPS) is 41.2. The molecule has 0 saturated heterocycles. The van der Waals surface area contributed by atoms with E-state index in [0.717, 1.165) is 23.7 Å². The fourth-order valence-corrected chi connectivity index (χ4v) is 4.08. The predicted octanol–water partition coefficient (Wildman–Crippen LogP) is 3.19. The van der Waals surface area contributed by atoms with Crippen LogP contribution in [0.1, 0.15) is 37.3 Å². The van der Waals surface area contributed by atoms with Crippen LogP contribution in [-0.4, -0.2) is 10.7 Å². The Hall–Kier alpha value is -1.18. The number of aryl methyl sites for hydroxylation is 1. The molecule has 0 amide bonds. The molecule has 1 aliphatic heterocycles. The lowest BCUT2D eigenvalue weighted by molar-refractivity contribution is 0.0334. The van der Waals surface area contributed by atoms with Crippen LogP contribution in [0.25, 0.3) is 0 Å². The first-order valence-corrected chi connectivity index (χ1v) is 6.56. The number of rotatable bonds is 0. The zero-order valence-corrected chi connectivity index (χ0v) is 10.4. The molecule has 2 fully saturated rings. The average molecular weight is 230 g/mol. The summed E-state index contributed by atoms with van der Waals surface area (Å²) in [4.78, 5) is 0. The fourth-order valence-electron chi connectivity index (χ4n) is 4.08. The first-order valence-electron chi connectivity index (χ1n) is 6.56. The minimum absolute atomic E-state index is 0.0419. The molecule has 1 heterocycles. The average Bonchev–Trinajstić information content (AvgIpc) is 2.71. The lowest BCUT2D eigenvalue weighted by Gasteiger charge is -2.31. The van der Waals surface area contributed by atoms with Crippen molar-refractivity contribution in [1.82, 2.24) is 0 Å². The van der Waals surface area contributed by atoms with E-state index in [1.54, 1.807) is 0 Å². The summed E-state index contributed by atoms with van der Waals surface area (Å²) >= 11 is 0. The van der Waals surface area contributed by atoms with Crippen molar-refractivity contribution >= 4 is 0 Å². The lowest BCUT2D eigenvalue weighted by atomic mass is 9.83. The summed E-state index contributed by atoms with van der Waals surface area (Å²) in [5.74, 6) is 2.29. The van der Waals surface area contributed by atoms with Crippen LogP contribution in [0.15, 0.2) is 12.1 Å². The second-order valence-electron chi connectivity index (χ2n) is 6.38. The summed E-state index contributed by atoms with van der Waals surface area (Å²) in [6, 6.07) is 3.90. The first-order chi connectivity index (χ1) is 8.04.